The van der Waals surface area contributed by atoms with Gasteiger partial charge in [0.25, 0.3) is 11.5 Å². The lowest BCUT2D eigenvalue weighted by Gasteiger charge is -2.11. The summed E-state index contributed by atoms with van der Waals surface area (Å²) >= 11 is 0. The molecule has 0 bridgehead atoms. The summed E-state index contributed by atoms with van der Waals surface area (Å²) in [6.07, 6.45) is 2.65. The molecule has 0 saturated heterocycles. The van der Waals surface area contributed by atoms with Gasteiger partial charge in [-0.25, -0.2) is 4.39 Å². The zero-order valence-corrected chi connectivity index (χ0v) is 18.8. The van der Waals surface area contributed by atoms with Gasteiger partial charge in [-0.05, 0) is 73.2 Å². The van der Waals surface area contributed by atoms with Crippen LogP contribution in [0.5, 0.6) is 17.4 Å². The number of halogens is 1. The number of rotatable bonds is 6. The van der Waals surface area contributed by atoms with E-state index in [4.69, 9.17) is 9.47 Å². The smallest absolute Gasteiger partial charge is 0.269 e. The number of pyridine rings is 1. The van der Waals surface area contributed by atoms with Gasteiger partial charge >= 0.3 is 0 Å². The number of aromatic nitrogens is 2. The second kappa shape index (κ2) is 9.89. The van der Waals surface area contributed by atoms with Crippen molar-refractivity contribution in [3.63, 3.8) is 0 Å². The van der Waals surface area contributed by atoms with Gasteiger partial charge in [-0.2, -0.15) is 10.2 Å². The molecule has 1 amide bonds. The number of nitriles is 1. The number of aryl methyl sites for hydroxylation is 1. The Balaban J connectivity index is 1.79. The average molecular weight is 470 g/mol. The van der Waals surface area contributed by atoms with Crippen LogP contribution in [0.15, 0.2) is 77.2 Å². The molecule has 2 heterocycles. The normalized spacial score (nSPS) is 11.1. The summed E-state index contributed by atoms with van der Waals surface area (Å²) in [7, 11) is 1.52. The molecular weight excluding hydrogens is 451 g/mol. The molecule has 8 nitrogen and oxygen atoms in total. The maximum atomic E-state index is 13.3. The lowest BCUT2D eigenvalue weighted by Crippen LogP contribution is -2.20. The molecule has 0 aliphatic heterocycles. The van der Waals surface area contributed by atoms with Crippen LogP contribution in [0.25, 0.3) is 11.7 Å². The Morgan fingerprint density at radius 2 is 1.80 bits per heavy atom. The van der Waals surface area contributed by atoms with Gasteiger partial charge in [0.2, 0.25) is 5.88 Å². The number of ether oxygens (including phenoxy) is 2. The number of fused-ring (bicyclic) bond motifs is 1. The molecule has 4 aromatic rings. The lowest BCUT2D eigenvalue weighted by atomic mass is 10.1. The fourth-order valence-electron chi connectivity index (χ4n) is 3.27. The number of methoxy groups -OCH3 is 1. The van der Waals surface area contributed by atoms with Gasteiger partial charge in [0.05, 0.1) is 7.11 Å². The number of nitrogens with zero attached hydrogens (tertiary/aromatic N) is 3. The van der Waals surface area contributed by atoms with Gasteiger partial charge < -0.3 is 14.8 Å². The number of amides is 1. The van der Waals surface area contributed by atoms with Crippen molar-refractivity contribution in [2.75, 3.05) is 12.4 Å². The second-order valence-corrected chi connectivity index (χ2v) is 7.43. The summed E-state index contributed by atoms with van der Waals surface area (Å²) in [6, 6.07) is 17.0. The Morgan fingerprint density at radius 3 is 2.46 bits per heavy atom. The van der Waals surface area contributed by atoms with Gasteiger partial charge in [-0.3, -0.25) is 14.0 Å². The van der Waals surface area contributed by atoms with E-state index in [1.807, 2.05) is 6.07 Å². The van der Waals surface area contributed by atoms with E-state index in [1.165, 1.54) is 42.0 Å². The second-order valence-electron chi connectivity index (χ2n) is 7.43. The van der Waals surface area contributed by atoms with Crippen molar-refractivity contribution in [3.8, 4) is 23.4 Å². The fourth-order valence-corrected chi connectivity index (χ4v) is 3.27. The van der Waals surface area contributed by atoms with Crippen LogP contribution >= 0.6 is 0 Å². The quantitative estimate of drug-likeness (QED) is 0.329. The first-order valence-electron chi connectivity index (χ1n) is 10.4. The van der Waals surface area contributed by atoms with Crippen LogP contribution in [0.3, 0.4) is 0 Å². The molecule has 0 aliphatic rings. The molecule has 174 valence electrons. The Bertz CT molecular complexity index is 1540. The van der Waals surface area contributed by atoms with E-state index in [2.05, 4.69) is 10.3 Å². The molecule has 4 rings (SSSR count). The van der Waals surface area contributed by atoms with Crippen molar-refractivity contribution in [2.45, 2.75) is 6.92 Å². The van der Waals surface area contributed by atoms with E-state index in [9.17, 15) is 19.2 Å². The number of carbonyl (C=O) groups excluding carboxylic acids is 1. The maximum Gasteiger partial charge on any atom is 0.269 e. The number of hydrogen-bond donors (Lipinski definition) is 1. The zero-order chi connectivity index (χ0) is 24.9. The van der Waals surface area contributed by atoms with Crippen molar-refractivity contribution in [3.05, 3.63) is 99.7 Å². The van der Waals surface area contributed by atoms with Crippen molar-refractivity contribution in [1.29, 1.82) is 5.26 Å². The van der Waals surface area contributed by atoms with Crippen LogP contribution in [0.1, 0.15) is 11.1 Å². The number of nitrogens with one attached hydrogen (secondary N) is 1. The number of carbonyl (C=O) groups is 1. The topological polar surface area (TPSA) is 106 Å². The minimum atomic E-state index is -0.723. The van der Waals surface area contributed by atoms with E-state index in [1.54, 1.807) is 43.3 Å². The van der Waals surface area contributed by atoms with Crippen LogP contribution in [-0.4, -0.2) is 22.4 Å². The van der Waals surface area contributed by atoms with E-state index < -0.39 is 17.3 Å². The summed E-state index contributed by atoms with van der Waals surface area (Å²) in [4.78, 5) is 30.6. The molecule has 2 aromatic carbocycles. The molecule has 35 heavy (non-hydrogen) atoms. The Morgan fingerprint density at radius 1 is 1.11 bits per heavy atom. The predicted octanol–water partition coefficient (Wildman–Crippen LogP) is 4.49. The van der Waals surface area contributed by atoms with E-state index in [0.29, 0.717) is 22.6 Å². The van der Waals surface area contributed by atoms with Crippen molar-refractivity contribution in [2.24, 2.45) is 0 Å². The Labute approximate surface area is 199 Å². The molecule has 0 atom stereocenters. The molecule has 1 N–H and O–H groups in total. The summed E-state index contributed by atoms with van der Waals surface area (Å²) in [5, 5.41) is 12.3. The maximum absolute atomic E-state index is 13.3. The molecule has 0 fully saturated rings. The Kier molecular flexibility index (Phi) is 6.55. The van der Waals surface area contributed by atoms with Crippen LogP contribution in [-0.2, 0) is 4.79 Å². The summed E-state index contributed by atoms with van der Waals surface area (Å²) in [6.45, 7) is 1.78. The van der Waals surface area contributed by atoms with Crippen LogP contribution < -0.4 is 20.3 Å². The molecule has 0 saturated carbocycles. The summed E-state index contributed by atoms with van der Waals surface area (Å²) < 4.78 is 25.5. The lowest BCUT2D eigenvalue weighted by molar-refractivity contribution is -0.112. The van der Waals surface area contributed by atoms with Gasteiger partial charge in [-0.1, -0.05) is 6.07 Å². The largest absolute Gasteiger partial charge is 0.497 e. The van der Waals surface area contributed by atoms with E-state index >= 15 is 0 Å². The highest BCUT2D eigenvalue weighted by Gasteiger charge is 2.18. The highest BCUT2D eigenvalue weighted by Crippen LogP contribution is 2.25. The summed E-state index contributed by atoms with van der Waals surface area (Å²) in [5.74, 6) is -0.471. The first-order valence-corrected chi connectivity index (χ1v) is 10.4. The monoisotopic (exact) mass is 470 g/mol. The molecule has 0 unspecified atom stereocenters. The van der Waals surface area contributed by atoms with Crippen LogP contribution in [0.2, 0.25) is 0 Å². The SMILES string of the molecule is COc1ccc(NC(=O)/C(C#N)=C/c2c(Oc3ccc(F)cc3)nc3c(C)cccn3c2=O)cc1. The fraction of sp³-hybridized carbons (Fsp3) is 0.0769. The van der Waals surface area contributed by atoms with Gasteiger partial charge in [-0.15, -0.1) is 0 Å². The van der Waals surface area contributed by atoms with Gasteiger partial charge in [0, 0.05) is 11.9 Å². The van der Waals surface area contributed by atoms with Crippen molar-refractivity contribution in [1.82, 2.24) is 9.38 Å². The first kappa shape index (κ1) is 23.2. The van der Waals surface area contributed by atoms with Crippen molar-refractivity contribution < 1.29 is 18.7 Å². The molecule has 0 aliphatic carbocycles. The molecule has 0 radical (unpaired) electrons. The summed E-state index contributed by atoms with van der Waals surface area (Å²) in [5.41, 5.74) is 0.495. The third-order valence-electron chi connectivity index (χ3n) is 5.08. The average Bonchev–Trinajstić information content (AvgIpc) is 2.86. The molecule has 0 spiro atoms. The standard InChI is InChI=1S/C26H19FN4O4/c1-16-4-3-13-31-23(16)30-25(35-21-9-5-18(27)6-10-21)22(26(31)33)14-17(15-28)24(32)29-19-7-11-20(34-2)12-8-19/h3-14H,1-2H3,(H,29,32)/b17-14+. The zero-order valence-electron chi connectivity index (χ0n) is 18.8. The van der Waals surface area contributed by atoms with Crippen LogP contribution in [0.4, 0.5) is 10.1 Å². The number of anilines is 1. The third kappa shape index (κ3) is 5.02. The highest BCUT2D eigenvalue weighted by molar-refractivity contribution is 6.09. The Hall–Kier alpha value is -4.97. The number of benzene rings is 2. The minimum absolute atomic E-state index is 0.112. The van der Waals surface area contributed by atoms with Gasteiger partial charge in [0.1, 0.15) is 40.2 Å². The first-order chi connectivity index (χ1) is 16.9. The molecular formula is C26H19FN4O4. The highest BCUT2D eigenvalue weighted by atomic mass is 19.1. The van der Waals surface area contributed by atoms with E-state index in [0.717, 1.165) is 6.08 Å². The third-order valence-corrected chi connectivity index (χ3v) is 5.08. The minimum Gasteiger partial charge on any atom is -0.497 e. The van der Waals surface area contributed by atoms with Crippen LogP contribution in [0, 0.1) is 24.1 Å². The van der Waals surface area contributed by atoms with Gasteiger partial charge in [0.15, 0.2) is 0 Å². The predicted molar refractivity (Wildman–Crippen MR) is 128 cm³/mol. The van der Waals surface area contributed by atoms with E-state index in [-0.39, 0.29) is 22.8 Å². The van der Waals surface area contributed by atoms with Crippen molar-refractivity contribution >= 4 is 23.3 Å². The molecule has 9 heteroatoms. The number of hydrogen-bond acceptors (Lipinski definition) is 6. The molecule has 2 aromatic heterocycles.